The molecule has 3 amide bonds. The molecule has 4 rings (SSSR count). The Morgan fingerprint density at radius 2 is 1.94 bits per heavy atom. The lowest BCUT2D eigenvalue weighted by Crippen LogP contribution is -2.52. The van der Waals surface area contributed by atoms with Crippen molar-refractivity contribution in [2.45, 2.75) is 31.8 Å². The number of hydrogen-bond donors (Lipinski definition) is 2. The number of amides is 3. The molecule has 8 heteroatoms. The molecular formula is C23H26N4O4. The summed E-state index contributed by atoms with van der Waals surface area (Å²) >= 11 is 0. The number of ether oxygens (including phenoxy) is 1. The monoisotopic (exact) mass is 422 g/mol. The standard InChI is InChI=1S/C23H26N4O4/c1-16-5-3-6-18(13-16)25-22(29)27-12-4-11-23(15-27)14-20(26-31-23)21(28)24-17-7-9-19(30-2)10-8-17/h3,5-10,13H,4,11-12,14-15H2,1-2H3,(H,24,28)(H,25,29)/t23-/m1/s1. The van der Waals surface area contributed by atoms with E-state index in [4.69, 9.17) is 9.57 Å². The molecule has 0 saturated carbocycles. The number of carbonyl (C=O) groups excluding carboxylic acids is 2. The largest absolute Gasteiger partial charge is 0.497 e. The van der Waals surface area contributed by atoms with Gasteiger partial charge in [-0.2, -0.15) is 0 Å². The summed E-state index contributed by atoms with van der Waals surface area (Å²) in [7, 11) is 1.59. The molecule has 2 aliphatic heterocycles. The van der Waals surface area contributed by atoms with Crippen molar-refractivity contribution in [3.8, 4) is 5.75 Å². The first kappa shape index (κ1) is 20.7. The minimum atomic E-state index is -0.658. The van der Waals surface area contributed by atoms with Crippen LogP contribution in [0.15, 0.2) is 53.7 Å². The Kier molecular flexibility index (Phi) is 5.79. The molecule has 31 heavy (non-hydrogen) atoms. The molecule has 2 aromatic carbocycles. The van der Waals surface area contributed by atoms with Crippen LogP contribution in [0.2, 0.25) is 0 Å². The van der Waals surface area contributed by atoms with Gasteiger partial charge in [0.25, 0.3) is 5.91 Å². The van der Waals surface area contributed by atoms with Gasteiger partial charge in [0.1, 0.15) is 11.5 Å². The van der Waals surface area contributed by atoms with Crippen LogP contribution in [-0.4, -0.2) is 48.4 Å². The summed E-state index contributed by atoms with van der Waals surface area (Å²) in [6.07, 6.45) is 1.89. The van der Waals surface area contributed by atoms with E-state index in [0.29, 0.717) is 36.7 Å². The maximum Gasteiger partial charge on any atom is 0.321 e. The van der Waals surface area contributed by atoms with E-state index in [1.165, 1.54) is 0 Å². The number of benzene rings is 2. The number of urea groups is 1. The lowest BCUT2D eigenvalue weighted by atomic mass is 9.88. The Labute approximate surface area is 181 Å². The van der Waals surface area contributed by atoms with Gasteiger partial charge in [0.05, 0.1) is 13.7 Å². The summed E-state index contributed by atoms with van der Waals surface area (Å²) < 4.78 is 5.13. The van der Waals surface area contributed by atoms with Crippen LogP contribution < -0.4 is 15.4 Å². The molecule has 0 aromatic heterocycles. The highest BCUT2D eigenvalue weighted by Gasteiger charge is 2.45. The van der Waals surface area contributed by atoms with Crippen LogP contribution in [0.3, 0.4) is 0 Å². The zero-order chi connectivity index (χ0) is 21.8. The van der Waals surface area contributed by atoms with Gasteiger partial charge < -0.3 is 25.1 Å². The highest BCUT2D eigenvalue weighted by molar-refractivity contribution is 6.43. The van der Waals surface area contributed by atoms with Crippen LogP contribution in [0.4, 0.5) is 16.2 Å². The SMILES string of the molecule is COc1ccc(NC(=O)C2=NO[C@]3(CCCN(C(=O)Nc4cccc(C)c4)C3)C2)cc1. The van der Waals surface area contributed by atoms with Gasteiger partial charge in [-0.1, -0.05) is 17.3 Å². The molecule has 0 unspecified atom stereocenters. The van der Waals surface area contributed by atoms with Crippen molar-refractivity contribution in [2.24, 2.45) is 5.16 Å². The van der Waals surface area contributed by atoms with Crippen molar-refractivity contribution in [2.75, 3.05) is 30.8 Å². The Hall–Kier alpha value is -3.55. The van der Waals surface area contributed by atoms with Gasteiger partial charge in [-0.3, -0.25) is 4.79 Å². The van der Waals surface area contributed by atoms with Crippen molar-refractivity contribution in [3.05, 3.63) is 54.1 Å². The predicted octanol–water partition coefficient (Wildman–Crippen LogP) is 3.79. The second-order valence-corrected chi connectivity index (χ2v) is 8.00. The van der Waals surface area contributed by atoms with Gasteiger partial charge in [0.2, 0.25) is 0 Å². The minimum absolute atomic E-state index is 0.176. The summed E-state index contributed by atoms with van der Waals surface area (Å²) in [4.78, 5) is 32.9. The zero-order valence-electron chi connectivity index (χ0n) is 17.7. The Morgan fingerprint density at radius 1 is 1.13 bits per heavy atom. The first-order chi connectivity index (χ1) is 15.0. The van der Waals surface area contributed by atoms with Crippen molar-refractivity contribution in [1.29, 1.82) is 0 Å². The van der Waals surface area contributed by atoms with E-state index in [0.717, 1.165) is 24.1 Å². The van der Waals surface area contributed by atoms with Crippen molar-refractivity contribution >= 4 is 29.0 Å². The molecule has 1 fully saturated rings. The molecule has 8 nitrogen and oxygen atoms in total. The van der Waals surface area contributed by atoms with Gasteiger partial charge >= 0.3 is 6.03 Å². The number of rotatable bonds is 4. The van der Waals surface area contributed by atoms with E-state index in [9.17, 15) is 9.59 Å². The van der Waals surface area contributed by atoms with Gasteiger partial charge in [0.15, 0.2) is 5.60 Å². The minimum Gasteiger partial charge on any atom is -0.497 e. The fraction of sp³-hybridized carbons (Fsp3) is 0.348. The fourth-order valence-electron chi connectivity index (χ4n) is 3.94. The van der Waals surface area contributed by atoms with Crippen LogP contribution in [-0.2, 0) is 9.63 Å². The Balaban J connectivity index is 1.35. The topological polar surface area (TPSA) is 92.3 Å². The number of likely N-dealkylation sites (tertiary alicyclic amines) is 1. The number of aryl methyl sites for hydroxylation is 1. The van der Waals surface area contributed by atoms with Crippen molar-refractivity contribution < 1.29 is 19.2 Å². The number of nitrogens with zero attached hydrogens (tertiary/aromatic N) is 2. The Bertz CT molecular complexity index is 1000. The summed E-state index contributed by atoms with van der Waals surface area (Å²) in [5, 5.41) is 9.82. The number of oxime groups is 1. The maximum atomic E-state index is 12.8. The first-order valence-electron chi connectivity index (χ1n) is 10.3. The maximum absolute atomic E-state index is 12.8. The van der Waals surface area contributed by atoms with Gasteiger partial charge in [0, 0.05) is 24.3 Å². The third-order valence-electron chi connectivity index (χ3n) is 5.55. The summed E-state index contributed by atoms with van der Waals surface area (Å²) in [5.74, 6) is 0.410. The highest BCUT2D eigenvalue weighted by atomic mass is 16.7. The molecule has 0 aliphatic carbocycles. The average molecular weight is 422 g/mol. The van der Waals surface area contributed by atoms with E-state index in [2.05, 4.69) is 15.8 Å². The van der Waals surface area contributed by atoms with Gasteiger partial charge in [-0.25, -0.2) is 4.79 Å². The number of piperidine rings is 1. The predicted molar refractivity (Wildman–Crippen MR) is 118 cm³/mol. The zero-order valence-corrected chi connectivity index (χ0v) is 17.7. The van der Waals surface area contributed by atoms with Crippen molar-refractivity contribution in [3.63, 3.8) is 0 Å². The fourth-order valence-corrected chi connectivity index (χ4v) is 3.94. The smallest absolute Gasteiger partial charge is 0.321 e. The normalized spacial score (nSPS) is 20.1. The van der Waals surface area contributed by atoms with Crippen LogP contribution in [0.25, 0.3) is 0 Å². The van der Waals surface area contributed by atoms with Crippen LogP contribution in [0.1, 0.15) is 24.8 Å². The number of nitrogens with one attached hydrogen (secondary N) is 2. The molecule has 2 heterocycles. The first-order valence-corrected chi connectivity index (χ1v) is 10.3. The van der Waals surface area contributed by atoms with E-state index in [1.807, 2.05) is 31.2 Å². The second kappa shape index (κ2) is 8.67. The summed E-state index contributed by atoms with van der Waals surface area (Å²) in [6.45, 7) is 3.00. The summed E-state index contributed by atoms with van der Waals surface area (Å²) in [5.41, 5.74) is 2.16. The molecule has 2 aromatic rings. The average Bonchev–Trinajstić information content (AvgIpc) is 3.17. The molecular weight excluding hydrogens is 396 g/mol. The molecule has 162 valence electrons. The van der Waals surface area contributed by atoms with E-state index >= 15 is 0 Å². The molecule has 1 spiro atoms. The van der Waals surface area contributed by atoms with Gasteiger partial charge in [-0.05, 0) is 61.7 Å². The molecule has 0 bridgehead atoms. The molecule has 1 atom stereocenters. The van der Waals surface area contributed by atoms with E-state index < -0.39 is 5.60 Å². The van der Waals surface area contributed by atoms with Crippen LogP contribution >= 0.6 is 0 Å². The molecule has 0 radical (unpaired) electrons. The second-order valence-electron chi connectivity index (χ2n) is 8.00. The van der Waals surface area contributed by atoms with Crippen LogP contribution in [0, 0.1) is 6.92 Å². The number of anilines is 2. The van der Waals surface area contributed by atoms with Crippen molar-refractivity contribution in [1.82, 2.24) is 4.90 Å². The Morgan fingerprint density at radius 3 is 2.68 bits per heavy atom. The lowest BCUT2D eigenvalue weighted by Gasteiger charge is -2.38. The molecule has 2 N–H and O–H groups in total. The van der Waals surface area contributed by atoms with E-state index in [1.54, 1.807) is 36.3 Å². The quantitative estimate of drug-likeness (QED) is 0.784. The highest BCUT2D eigenvalue weighted by Crippen LogP contribution is 2.34. The number of methoxy groups -OCH3 is 1. The molecule has 2 aliphatic rings. The third-order valence-corrected chi connectivity index (χ3v) is 5.55. The van der Waals surface area contributed by atoms with E-state index in [-0.39, 0.29) is 11.9 Å². The number of hydrogen-bond acceptors (Lipinski definition) is 5. The third kappa shape index (κ3) is 4.79. The molecule has 1 saturated heterocycles. The summed E-state index contributed by atoms with van der Waals surface area (Å²) in [6, 6.07) is 14.6. The van der Waals surface area contributed by atoms with Crippen LogP contribution in [0.5, 0.6) is 5.75 Å². The van der Waals surface area contributed by atoms with Gasteiger partial charge in [-0.15, -0.1) is 0 Å². The number of carbonyl (C=O) groups is 2. The lowest BCUT2D eigenvalue weighted by molar-refractivity contribution is -0.110.